The topological polar surface area (TPSA) is 83.0 Å². The molecule has 1 heterocycles. The van der Waals surface area contributed by atoms with Crippen molar-refractivity contribution >= 4 is 11.5 Å². The molecule has 0 amide bonds. The molecule has 1 aromatic carbocycles. The highest BCUT2D eigenvalue weighted by Crippen LogP contribution is 2.33. The number of hydrogen-bond donors (Lipinski definition) is 3. The highest BCUT2D eigenvalue weighted by atomic mass is 19.4. The first-order valence-corrected chi connectivity index (χ1v) is 11.0. The van der Waals surface area contributed by atoms with Crippen molar-refractivity contribution in [3.8, 4) is 5.75 Å². The second-order valence-corrected chi connectivity index (χ2v) is 8.51. The van der Waals surface area contributed by atoms with Crippen LogP contribution in [0.1, 0.15) is 64.5 Å². The maximum atomic E-state index is 13.0. The fourth-order valence-electron chi connectivity index (χ4n) is 3.53. The molecule has 176 valence electrons. The maximum Gasteiger partial charge on any atom is 0.416 e. The maximum absolute atomic E-state index is 13.0. The van der Waals surface area contributed by atoms with Crippen molar-refractivity contribution in [2.75, 3.05) is 6.54 Å². The van der Waals surface area contributed by atoms with Gasteiger partial charge < -0.3 is 16.2 Å². The zero-order valence-corrected chi connectivity index (χ0v) is 19.1. The summed E-state index contributed by atoms with van der Waals surface area (Å²) in [5.74, 6) is 0.150. The summed E-state index contributed by atoms with van der Waals surface area (Å²) in [5.41, 5.74) is 6.97. The minimum Gasteiger partial charge on any atom is -0.507 e. The Bertz CT molecular complexity index is 910. The lowest BCUT2D eigenvalue weighted by Gasteiger charge is -2.23. The Morgan fingerprint density at radius 3 is 2.59 bits per heavy atom. The number of aromatic hydroxyl groups is 1. The lowest BCUT2D eigenvalue weighted by molar-refractivity contribution is -0.137. The van der Waals surface area contributed by atoms with E-state index >= 15 is 0 Å². The van der Waals surface area contributed by atoms with Gasteiger partial charge in [-0.3, -0.25) is 4.99 Å². The van der Waals surface area contributed by atoms with Crippen LogP contribution in [0.2, 0.25) is 0 Å². The summed E-state index contributed by atoms with van der Waals surface area (Å²) >= 11 is 0. The molecule has 0 aromatic heterocycles. The normalized spacial score (nSPS) is 16.2. The monoisotopic (exact) mass is 450 g/mol. The number of phenols is 1. The SMILES string of the molecule is CCCCC(CC(C)C)NC1=CCN=C(c2ccc(C(F)(F)F)cc2O)N=C1/C=C(/C)N. The highest BCUT2D eigenvalue weighted by Gasteiger charge is 2.31. The van der Waals surface area contributed by atoms with E-state index in [1.54, 1.807) is 13.0 Å². The smallest absolute Gasteiger partial charge is 0.416 e. The van der Waals surface area contributed by atoms with E-state index in [9.17, 15) is 18.3 Å². The molecule has 4 N–H and O–H groups in total. The first kappa shape index (κ1) is 25.5. The van der Waals surface area contributed by atoms with E-state index < -0.39 is 17.5 Å². The van der Waals surface area contributed by atoms with E-state index in [1.165, 1.54) is 6.07 Å². The number of nitrogens with two attached hydrogens (primary N) is 1. The fourth-order valence-corrected chi connectivity index (χ4v) is 3.53. The van der Waals surface area contributed by atoms with Crippen molar-refractivity contribution < 1.29 is 18.3 Å². The van der Waals surface area contributed by atoms with Gasteiger partial charge in [-0.1, -0.05) is 33.6 Å². The summed E-state index contributed by atoms with van der Waals surface area (Å²) in [6.07, 6.45) is 3.24. The Balaban J connectivity index is 2.39. The number of hydrogen-bond acceptors (Lipinski definition) is 5. The van der Waals surface area contributed by atoms with E-state index in [0.29, 0.717) is 23.4 Å². The molecule has 1 unspecified atom stereocenters. The van der Waals surface area contributed by atoms with E-state index in [4.69, 9.17) is 5.73 Å². The molecule has 0 fully saturated rings. The Hall–Kier alpha value is -2.77. The molecule has 0 radical (unpaired) electrons. The van der Waals surface area contributed by atoms with Gasteiger partial charge in [-0.05, 0) is 56.0 Å². The molecule has 5 nitrogen and oxygen atoms in total. The van der Waals surface area contributed by atoms with E-state index in [-0.39, 0.29) is 24.0 Å². The van der Waals surface area contributed by atoms with Gasteiger partial charge in [-0.2, -0.15) is 13.2 Å². The molecule has 8 heteroatoms. The Kier molecular flexibility index (Phi) is 8.92. The molecule has 1 aliphatic rings. The quantitative estimate of drug-likeness (QED) is 0.461. The molecule has 0 saturated heterocycles. The van der Waals surface area contributed by atoms with Gasteiger partial charge in [0.2, 0.25) is 0 Å². The van der Waals surface area contributed by atoms with Crippen LogP contribution in [0.5, 0.6) is 5.75 Å². The minimum atomic E-state index is -4.54. The standard InChI is InChI=1S/C24H33F3N4O/c1-5-6-7-18(12-15(2)3)30-20-10-11-29-23(31-21(20)13-16(4)28)19-9-8-17(14-22(19)32)24(25,26)27/h8-10,13-15,18,30,32H,5-7,11-12,28H2,1-4H3/b16-13-. The zero-order chi connectivity index (χ0) is 23.9. The number of alkyl halides is 3. The Labute approximate surface area is 188 Å². The number of amidine groups is 1. The molecule has 1 aromatic rings. The molecular formula is C24H33F3N4O. The lowest BCUT2D eigenvalue weighted by atomic mass is 9.98. The summed E-state index contributed by atoms with van der Waals surface area (Å²) in [5, 5.41) is 13.8. The number of halogens is 3. The van der Waals surface area contributed by atoms with Crippen LogP contribution in [0.3, 0.4) is 0 Å². The minimum absolute atomic E-state index is 0.137. The molecular weight excluding hydrogens is 417 g/mol. The molecule has 1 aliphatic heterocycles. The Morgan fingerprint density at radius 2 is 2.03 bits per heavy atom. The number of nitrogens with one attached hydrogen (secondary N) is 1. The molecule has 0 bridgehead atoms. The van der Waals surface area contributed by atoms with E-state index in [2.05, 4.69) is 36.1 Å². The van der Waals surface area contributed by atoms with E-state index in [0.717, 1.165) is 37.4 Å². The van der Waals surface area contributed by atoms with Gasteiger partial charge in [0.15, 0.2) is 5.84 Å². The van der Waals surface area contributed by atoms with Gasteiger partial charge in [0.05, 0.1) is 29.1 Å². The van der Waals surface area contributed by atoms with Gasteiger partial charge in [0, 0.05) is 11.7 Å². The largest absolute Gasteiger partial charge is 0.507 e. The molecule has 2 rings (SSSR count). The molecule has 1 atom stereocenters. The third-order valence-electron chi connectivity index (χ3n) is 4.99. The molecule has 0 saturated carbocycles. The van der Waals surface area contributed by atoms with Crippen LogP contribution in [-0.4, -0.2) is 29.2 Å². The second kappa shape index (κ2) is 11.2. The van der Waals surface area contributed by atoms with Crippen molar-refractivity contribution in [2.45, 2.75) is 65.6 Å². The fraction of sp³-hybridized carbons (Fsp3) is 0.500. The van der Waals surface area contributed by atoms with E-state index in [1.807, 2.05) is 6.08 Å². The first-order valence-electron chi connectivity index (χ1n) is 11.0. The predicted molar refractivity (Wildman–Crippen MR) is 124 cm³/mol. The van der Waals surface area contributed by atoms with Crippen molar-refractivity contribution in [1.29, 1.82) is 0 Å². The second-order valence-electron chi connectivity index (χ2n) is 8.51. The van der Waals surface area contributed by atoms with Crippen LogP contribution in [0, 0.1) is 5.92 Å². The summed E-state index contributed by atoms with van der Waals surface area (Å²) in [6, 6.07) is 3.05. The van der Waals surface area contributed by atoms with Crippen molar-refractivity contribution in [3.63, 3.8) is 0 Å². The molecule has 32 heavy (non-hydrogen) atoms. The van der Waals surface area contributed by atoms with Gasteiger partial charge in [0.1, 0.15) is 5.75 Å². The van der Waals surface area contributed by atoms with Gasteiger partial charge in [0.25, 0.3) is 0 Å². The van der Waals surface area contributed by atoms with Gasteiger partial charge in [-0.25, -0.2) is 4.99 Å². The van der Waals surface area contributed by atoms with Crippen LogP contribution < -0.4 is 11.1 Å². The van der Waals surface area contributed by atoms with Crippen molar-refractivity contribution in [2.24, 2.45) is 21.6 Å². The zero-order valence-electron chi connectivity index (χ0n) is 19.1. The average Bonchev–Trinajstić information content (AvgIpc) is 2.86. The molecule has 0 aliphatic carbocycles. The summed E-state index contributed by atoms with van der Waals surface area (Å²) in [7, 11) is 0. The summed E-state index contributed by atoms with van der Waals surface area (Å²) < 4.78 is 38.9. The predicted octanol–water partition coefficient (Wildman–Crippen LogP) is 5.55. The molecule has 0 spiro atoms. The van der Waals surface area contributed by atoms with Crippen molar-refractivity contribution in [3.05, 3.63) is 52.9 Å². The number of benzene rings is 1. The number of aliphatic imine (C=N–C) groups is 2. The van der Waals surface area contributed by atoms with Gasteiger partial charge >= 0.3 is 6.18 Å². The number of allylic oxidation sites excluding steroid dienone is 2. The first-order chi connectivity index (χ1) is 15.0. The third kappa shape index (κ3) is 7.43. The number of phenolic OH excluding ortho intramolecular Hbond substituents is 1. The number of rotatable bonds is 9. The summed E-state index contributed by atoms with van der Waals surface area (Å²) in [6.45, 7) is 8.51. The summed E-state index contributed by atoms with van der Waals surface area (Å²) in [4.78, 5) is 8.96. The average molecular weight is 451 g/mol. The van der Waals surface area contributed by atoms with Crippen molar-refractivity contribution in [1.82, 2.24) is 5.32 Å². The van der Waals surface area contributed by atoms with Crippen LogP contribution >= 0.6 is 0 Å². The lowest BCUT2D eigenvalue weighted by Crippen LogP contribution is -2.33. The highest BCUT2D eigenvalue weighted by molar-refractivity contribution is 6.17. The number of unbranched alkanes of at least 4 members (excludes halogenated alkanes) is 1. The van der Waals surface area contributed by atoms with Crippen LogP contribution in [-0.2, 0) is 6.18 Å². The van der Waals surface area contributed by atoms with Crippen LogP contribution in [0.25, 0.3) is 0 Å². The Morgan fingerprint density at radius 1 is 1.31 bits per heavy atom. The number of nitrogens with zero attached hydrogens (tertiary/aromatic N) is 2. The van der Waals surface area contributed by atoms with Crippen LogP contribution in [0.15, 0.2) is 51.7 Å². The van der Waals surface area contributed by atoms with Crippen LogP contribution in [0.4, 0.5) is 13.2 Å². The van der Waals surface area contributed by atoms with Gasteiger partial charge in [-0.15, -0.1) is 0 Å². The third-order valence-corrected chi connectivity index (χ3v) is 4.99.